The summed E-state index contributed by atoms with van der Waals surface area (Å²) in [5.74, 6) is -0.115. The lowest BCUT2D eigenvalue weighted by Crippen LogP contribution is -2.51. The molecule has 162 valence electrons. The minimum absolute atomic E-state index is 0.0310. The van der Waals surface area contributed by atoms with Crippen LogP contribution in [0, 0.1) is 5.92 Å². The normalized spacial score (nSPS) is 11.9. The Bertz CT molecular complexity index is 788. The number of likely N-dealkylation sites (N-methyl/N-ethyl adjacent to an activating group) is 1. The third-order valence-electron chi connectivity index (χ3n) is 5.31. The summed E-state index contributed by atoms with van der Waals surface area (Å²) in [5, 5.41) is 2.97. The fourth-order valence-electron chi connectivity index (χ4n) is 3.59. The van der Waals surface area contributed by atoms with Crippen molar-refractivity contribution in [1.29, 1.82) is 0 Å². The average Bonchev–Trinajstić information content (AvgIpc) is 2.74. The monoisotopic (exact) mass is 409 g/mol. The highest BCUT2D eigenvalue weighted by molar-refractivity contribution is 5.88. The molecule has 1 unspecified atom stereocenters. The minimum atomic E-state index is -0.476. The van der Waals surface area contributed by atoms with E-state index in [-0.39, 0.29) is 24.2 Å². The van der Waals surface area contributed by atoms with E-state index in [4.69, 9.17) is 5.73 Å². The second-order valence-electron chi connectivity index (χ2n) is 8.07. The zero-order chi connectivity index (χ0) is 21.9. The smallest absolute Gasteiger partial charge is 0.243 e. The molecule has 5 nitrogen and oxygen atoms in total. The van der Waals surface area contributed by atoms with E-state index in [1.807, 2.05) is 56.3 Å². The van der Waals surface area contributed by atoms with Crippen LogP contribution in [0.25, 0.3) is 11.1 Å². The van der Waals surface area contributed by atoms with E-state index in [1.165, 1.54) is 0 Å². The first-order valence-electron chi connectivity index (χ1n) is 10.8. The van der Waals surface area contributed by atoms with E-state index in [0.717, 1.165) is 36.0 Å². The van der Waals surface area contributed by atoms with Gasteiger partial charge in [0.25, 0.3) is 0 Å². The van der Waals surface area contributed by atoms with Crippen LogP contribution in [0.4, 0.5) is 0 Å². The quantitative estimate of drug-likeness (QED) is 0.557. The Balaban J connectivity index is 1.95. The first kappa shape index (κ1) is 23.6. The van der Waals surface area contributed by atoms with Gasteiger partial charge in [0.15, 0.2) is 0 Å². The van der Waals surface area contributed by atoms with E-state index in [0.29, 0.717) is 13.1 Å². The van der Waals surface area contributed by atoms with Gasteiger partial charge >= 0.3 is 0 Å². The molecular formula is C25H35N3O2. The molecule has 0 aliphatic carbocycles. The summed E-state index contributed by atoms with van der Waals surface area (Å²) in [6.07, 6.45) is 3.14. The largest absolute Gasteiger partial charge is 0.354 e. The molecule has 0 aliphatic rings. The second kappa shape index (κ2) is 12.1. The maximum atomic E-state index is 12.9. The molecule has 0 radical (unpaired) electrons. The minimum Gasteiger partial charge on any atom is -0.354 e. The lowest BCUT2D eigenvalue weighted by atomic mass is 10.00. The molecular weight excluding hydrogens is 374 g/mol. The van der Waals surface area contributed by atoms with E-state index in [1.54, 1.807) is 11.9 Å². The zero-order valence-corrected chi connectivity index (χ0v) is 18.4. The molecule has 0 aromatic heterocycles. The molecule has 0 saturated carbocycles. The van der Waals surface area contributed by atoms with Gasteiger partial charge in [-0.1, -0.05) is 74.9 Å². The molecule has 0 aliphatic heterocycles. The lowest BCUT2D eigenvalue weighted by molar-refractivity contribution is -0.140. The predicted octanol–water partition coefficient (Wildman–Crippen LogP) is 3.62. The number of unbranched alkanes of at least 4 members (excludes halogenated alkanes) is 2. The Morgan fingerprint density at radius 2 is 1.57 bits per heavy atom. The predicted molar refractivity (Wildman–Crippen MR) is 123 cm³/mol. The van der Waals surface area contributed by atoms with Crippen LogP contribution < -0.4 is 11.1 Å². The molecule has 0 spiro atoms. The first-order chi connectivity index (χ1) is 14.4. The highest BCUT2D eigenvalue weighted by atomic mass is 16.2. The average molecular weight is 410 g/mol. The lowest BCUT2D eigenvalue weighted by Gasteiger charge is -2.30. The van der Waals surface area contributed by atoms with Crippen LogP contribution in [-0.4, -0.2) is 42.9 Å². The van der Waals surface area contributed by atoms with Crippen molar-refractivity contribution >= 4 is 11.8 Å². The summed E-state index contributed by atoms with van der Waals surface area (Å²) in [7, 11) is 1.72. The highest BCUT2D eigenvalue weighted by Crippen LogP contribution is 2.20. The van der Waals surface area contributed by atoms with Crippen molar-refractivity contribution in [3.8, 4) is 11.1 Å². The molecule has 2 amide bonds. The summed E-state index contributed by atoms with van der Waals surface area (Å²) >= 11 is 0. The van der Waals surface area contributed by atoms with Gasteiger partial charge in [0.2, 0.25) is 11.8 Å². The zero-order valence-electron chi connectivity index (χ0n) is 18.4. The summed E-state index contributed by atoms with van der Waals surface area (Å²) in [4.78, 5) is 27.1. The molecule has 0 saturated heterocycles. The molecule has 3 N–H and O–H groups in total. The third-order valence-corrected chi connectivity index (χ3v) is 5.31. The number of carbonyl (C=O) groups is 2. The molecule has 2 rings (SSSR count). The number of carbonyl (C=O) groups excluding carboxylic acids is 2. The highest BCUT2D eigenvalue weighted by Gasteiger charge is 2.29. The van der Waals surface area contributed by atoms with Gasteiger partial charge in [-0.25, -0.2) is 0 Å². The molecule has 2 aromatic rings. The number of hydrogen-bond acceptors (Lipinski definition) is 3. The SMILES string of the molecule is CC(C)C(C(=O)NCCCCCN)N(C)C(=O)Cc1ccc(-c2ccccc2)cc1. The van der Waals surface area contributed by atoms with Crippen LogP contribution in [0.2, 0.25) is 0 Å². The van der Waals surface area contributed by atoms with Crippen molar-refractivity contribution in [3.63, 3.8) is 0 Å². The van der Waals surface area contributed by atoms with E-state index >= 15 is 0 Å². The Morgan fingerprint density at radius 1 is 0.933 bits per heavy atom. The van der Waals surface area contributed by atoms with Crippen LogP contribution >= 0.6 is 0 Å². The van der Waals surface area contributed by atoms with E-state index in [9.17, 15) is 9.59 Å². The number of benzene rings is 2. The third kappa shape index (κ3) is 6.99. The van der Waals surface area contributed by atoms with Crippen LogP contribution in [-0.2, 0) is 16.0 Å². The van der Waals surface area contributed by atoms with Crippen molar-refractivity contribution in [2.75, 3.05) is 20.1 Å². The summed E-state index contributed by atoms with van der Waals surface area (Å²) in [6, 6.07) is 17.7. The second-order valence-corrected chi connectivity index (χ2v) is 8.07. The van der Waals surface area contributed by atoms with Gasteiger partial charge in [0, 0.05) is 13.6 Å². The van der Waals surface area contributed by atoms with Crippen LogP contribution in [0.3, 0.4) is 0 Å². The summed E-state index contributed by atoms with van der Waals surface area (Å²) < 4.78 is 0. The molecule has 30 heavy (non-hydrogen) atoms. The number of hydrogen-bond donors (Lipinski definition) is 2. The fourth-order valence-corrected chi connectivity index (χ4v) is 3.59. The molecule has 0 heterocycles. The number of nitrogens with one attached hydrogen (secondary N) is 1. The molecule has 0 fully saturated rings. The Labute approximate surface area is 180 Å². The molecule has 2 aromatic carbocycles. The van der Waals surface area contributed by atoms with Gasteiger partial charge in [0.1, 0.15) is 6.04 Å². The summed E-state index contributed by atoms with van der Waals surface area (Å²) in [5.41, 5.74) is 8.71. The van der Waals surface area contributed by atoms with Gasteiger partial charge < -0.3 is 16.0 Å². The Morgan fingerprint density at radius 3 is 2.17 bits per heavy atom. The number of amides is 2. The van der Waals surface area contributed by atoms with Gasteiger partial charge in [0.05, 0.1) is 6.42 Å². The van der Waals surface area contributed by atoms with Gasteiger partial charge in [-0.2, -0.15) is 0 Å². The standard InChI is InChI=1S/C25H35N3O2/c1-19(2)24(25(30)27-17-9-5-8-16-26)28(3)23(29)18-20-12-14-22(15-13-20)21-10-6-4-7-11-21/h4,6-7,10-15,19,24H,5,8-9,16-18,26H2,1-3H3,(H,27,30). The molecule has 0 bridgehead atoms. The van der Waals surface area contributed by atoms with Crippen molar-refractivity contribution in [3.05, 3.63) is 60.2 Å². The van der Waals surface area contributed by atoms with Crippen molar-refractivity contribution in [1.82, 2.24) is 10.2 Å². The van der Waals surface area contributed by atoms with Gasteiger partial charge in [-0.15, -0.1) is 0 Å². The van der Waals surface area contributed by atoms with Gasteiger partial charge in [-0.3, -0.25) is 9.59 Å². The molecule has 5 heteroatoms. The number of rotatable bonds is 11. The van der Waals surface area contributed by atoms with Gasteiger partial charge in [-0.05, 0) is 42.0 Å². The molecule has 1 atom stereocenters. The van der Waals surface area contributed by atoms with E-state index in [2.05, 4.69) is 17.4 Å². The summed E-state index contributed by atoms with van der Waals surface area (Å²) in [6.45, 7) is 5.23. The Hall–Kier alpha value is -2.66. The Kier molecular flexibility index (Phi) is 9.55. The van der Waals surface area contributed by atoms with Crippen molar-refractivity contribution < 1.29 is 9.59 Å². The van der Waals surface area contributed by atoms with Crippen molar-refractivity contribution in [2.24, 2.45) is 11.7 Å². The van der Waals surface area contributed by atoms with Crippen molar-refractivity contribution in [2.45, 2.75) is 45.6 Å². The first-order valence-corrected chi connectivity index (χ1v) is 10.8. The van der Waals surface area contributed by atoms with Crippen LogP contribution in [0.1, 0.15) is 38.7 Å². The fraction of sp³-hybridized carbons (Fsp3) is 0.440. The van der Waals surface area contributed by atoms with E-state index < -0.39 is 6.04 Å². The topological polar surface area (TPSA) is 75.4 Å². The van der Waals surface area contributed by atoms with Crippen LogP contribution in [0.15, 0.2) is 54.6 Å². The number of nitrogens with zero attached hydrogens (tertiary/aromatic N) is 1. The maximum absolute atomic E-state index is 12.9. The maximum Gasteiger partial charge on any atom is 0.243 e. The van der Waals surface area contributed by atoms with Crippen LogP contribution in [0.5, 0.6) is 0 Å². The number of nitrogens with two attached hydrogens (primary N) is 1.